The highest BCUT2D eigenvalue weighted by Crippen LogP contribution is 2.18. The number of hydrogen-bond acceptors (Lipinski definition) is 5. The van der Waals surface area contributed by atoms with Crippen LogP contribution in [-0.4, -0.2) is 60.7 Å². The van der Waals surface area contributed by atoms with Gasteiger partial charge in [0.05, 0.1) is 6.54 Å². The number of allylic oxidation sites excluding steroid dienone is 4. The number of unbranched alkanes of at least 4 members (excludes halogenated alkanes) is 5. The van der Waals surface area contributed by atoms with Crippen molar-refractivity contribution >= 4 is 12.1 Å². The number of nitrogens with one attached hydrogen (secondary N) is 1. The minimum Gasteiger partial charge on any atom is -0.398 e. The summed E-state index contributed by atoms with van der Waals surface area (Å²) in [4.78, 5) is 17.3. The Morgan fingerprint density at radius 2 is 1.64 bits per heavy atom. The molecule has 6 nitrogen and oxygen atoms in total. The van der Waals surface area contributed by atoms with Gasteiger partial charge in [-0.25, -0.2) is 0 Å². The number of piperidine rings is 1. The summed E-state index contributed by atoms with van der Waals surface area (Å²) in [5.74, 6) is 0.179. The first-order chi connectivity index (χ1) is 19.1. The van der Waals surface area contributed by atoms with Crippen LogP contribution < -0.4 is 11.2 Å². The first kappa shape index (κ1) is 38.8. The molecule has 3 N–H and O–H groups in total. The number of carbonyl (C=O) groups is 1. The van der Waals surface area contributed by atoms with Gasteiger partial charge >= 0.3 is 0 Å². The predicted octanol–water partition coefficient (Wildman–Crippen LogP) is 7.60. The van der Waals surface area contributed by atoms with Crippen LogP contribution in [0.15, 0.2) is 53.3 Å². The molecule has 1 rings (SSSR count). The standard InChI is InChI=1S/C29H51N5O.2C2H6/c1-5-9-11-12-21-31-32-22-15-16-26(7-3)28(30)17-14-18-29(35)34-24-19-27(20-25-34)33(8-4)23-13-10-6-2;2*1-2/h7,14-17,21,27,32H,3,5-6,8-13,18-20,22-25,30H2,1-2,4H3;2*1-2H3/b16-15+,17-14-,28-26-,31-21-;;. The molecule has 1 heterocycles. The largest absolute Gasteiger partial charge is 0.398 e. The summed E-state index contributed by atoms with van der Waals surface area (Å²) >= 11 is 0. The molecule has 1 fully saturated rings. The van der Waals surface area contributed by atoms with Gasteiger partial charge in [-0.05, 0) is 56.8 Å². The Balaban J connectivity index is 0. The third kappa shape index (κ3) is 19.4. The van der Waals surface area contributed by atoms with E-state index in [1.807, 2.05) is 63.1 Å². The van der Waals surface area contributed by atoms with E-state index in [2.05, 4.69) is 42.8 Å². The zero-order chi connectivity index (χ0) is 29.7. The van der Waals surface area contributed by atoms with E-state index in [-0.39, 0.29) is 5.91 Å². The van der Waals surface area contributed by atoms with Gasteiger partial charge < -0.3 is 21.0 Å². The Labute approximate surface area is 242 Å². The van der Waals surface area contributed by atoms with Crippen molar-refractivity contribution in [1.82, 2.24) is 15.2 Å². The molecule has 0 aromatic heterocycles. The lowest BCUT2D eigenvalue weighted by atomic mass is 10.0. The first-order valence-electron chi connectivity index (χ1n) is 15.8. The second kappa shape index (κ2) is 28.7. The molecule has 6 heteroatoms. The van der Waals surface area contributed by atoms with Gasteiger partial charge in [-0.15, -0.1) is 0 Å². The molecule has 0 bridgehead atoms. The van der Waals surface area contributed by atoms with Crippen LogP contribution in [0.1, 0.15) is 113 Å². The van der Waals surface area contributed by atoms with Crippen LogP contribution in [0.5, 0.6) is 0 Å². The van der Waals surface area contributed by atoms with Gasteiger partial charge in [-0.1, -0.05) is 105 Å². The highest BCUT2D eigenvalue weighted by molar-refractivity contribution is 5.77. The Kier molecular flexibility index (Phi) is 28.5. The fraction of sp³-hybridized carbons (Fsp3) is 0.697. The second-order valence-corrected chi connectivity index (χ2v) is 9.24. The average Bonchev–Trinajstić information content (AvgIpc) is 2.98. The van der Waals surface area contributed by atoms with Crippen molar-refractivity contribution in [2.75, 3.05) is 32.7 Å². The number of likely N-dealkylation sites (tertiary alicyclic amines) is 1. The molecule has 1 amide bonds. The monoisotopic (exact) mass is 546 g/mol. The normalized spacial score (nSPS) is 14.7. The molecule has 1 aliphatic rings. The number of hydrogen-bond donors (Lipinski definition) is 2. The van der Waals surface area contributed by atoms with Crippen molar-refractivity contribution in [3.8, 4) is 0 Å². The van der Waals surface area contributed by atoms with Gasteiger partial charge in [0.15, 0.2) is 0 Å². The smallest absolute Gasteiger partial charge is 0.226 e. The zero-order valence-corrected chi connectivity index (χ0v) is 26.7. The molecule has 1 aliphatic heterocycles. The number of amides is 1. The molecule has 39 heavy (non-hydrogen) atoms. The molecule has 0 unspecified atom stereocenters. The van der Waals surface area contributed by atoms with Crippen LogP contribution in [-0.2, 0) is 4.79 Å². The van der Waals surface area contributed by atoms with Gasteiger partial charge in [0.1, 0.15) is 0 Å². The van der Waals surface area contributed by atoms with Crippen molar-refractivity contribution < 1.29 is 4.79 Å². The maximum Gasteiger partial charge on any atom is 0.226 e. The fourth-order valence-corrected chi connectivity index (χ4v) is 4.34. The first-order valence-corrected chi connectivity index (χ1v) is 15.8. The third-order valence-corrected chi connectivity index (χ3v) is 6.56. The van der Waals surface area contributed by atoms with Crippen molar-refractivity contribution in [3.05, 3.63) is 48.2 Å². The lowest BCUT2D eigenvalue weighted by Crippen LogP contribution is -2.46. The highest BCUT2D eigenvalue weighted by Gasteiger charge is 2.25. The summed E-state index contributed by atoms with van der Waals surface area (Å²) in [5.41, 5.74) is 10.7. The Hall–Kier alpha value is -2.34. The van der Waals surface area contributed by atoms with Gasteiger partial charge in [0.25, 0.3) is 0 Å². The number of nitrogens with zero attached hydrogens (tertiary/aromatic N) is 3. The van der Waals surface area contributed by atoms with Crippen LogP contribution >= 0.6 is 0 Å². The van der Waals surface area contributed by atoms with Gasteiger partial charge in [-0.3, -0.25) is 4.79 Å². The minimum atomic E-state index is 0.179. The molecule has 1 saturated heterocycles. The second-order valence-electron chi connectivity index (χ2n) is 9.24. The van der Waals surface area contributed by atoms with Crippen molar-refractivity contribution in [2.24, 2.45) is 10.8 Å². The SMILES string of the molecule is C=CC(/C=C/CN/N=C\CCCCC)=C(N)\C=C/CC(=O)N1CCC(N(CC)CCCCC)CC1.CC.CC. The summed E-state index contributed by atoms with van der Waals surface area (Å²) in [7, 11) is 0. The molecule has 0 aromatic rings. The average molecular weight is 546 g/mol. The Bertz CT molecular complexity index is 703. The van der Waals surface area contributed by atoms with E-state index in [1.54, 1.807) is 6.08 Å². The molecule has 0 radical (unpaired) electrons. The molecule has 0 aromatic carbocycles. The lowest BCUT2D eigenvalue weighted by molar-refractivity contribution is -0.131. The summed E-state index contributed by atoms with van der Waals surface area (Å²) in [5, 5.41) is 4.20. The van der Waals surface area contributed by atoms with E-state index < -0.39 is 0 Å². The van der Waals surface area contributed by atoms with Gasteiger partial charge in [-0.2, -0.15) is 5.10 Å². The third-order valence-electron chi connectivity index (χ3n) is 6.56. The number of nitrogens with two attached hydrogens (primary N) is 1. The predicted molar refractivity (Wildman–Crippen MR) is 174 cm³/mol. The van der Waals surface area contributed by atoms with Crippen molar-refractivity contribution in [2.45, 2.75) is 119 Å². The van der Waals surface area contributed by atoms with Gasteiger partial charge in [0.2, 0.25) is 5.91 Å². The molecule has 0 saturated carbocycles. The topological polar surface area (TPSA) is 74.0 Å². The van der Waals surface area contributed by atoms with Crippen LogP contribution in [0.3, 0.4) is 0 Å². The highest BCUT2D eigenvalue weighted by atomic mass is 16.2. The fourth-order valence-electron chi connectivity index (χ4n) is 4.34. The van der Waals surface area contributed by atoms with Crippen LogP contribution in [0, 0.1) is 0 Å². The summed E-state index contributed by atoms with van der Waals surface area (Å²) in [6.45, 7) is 23.2. The Morgan fingerprint density at radius 3 is 2.23 bits per heavy atom. The number of carbonyl (C=O) groups excluding carboxylic acids is 1. The maximum absolute atomic E-state index is 12.7. The van der Waals surface area contributed by atoms with E-state index >= 15 is 0 Å². The van der Waals surface area contributed by atoms with E-state index in [0.717, 1.165) is 44.5 Å². The van der Waals surface area contributed by atoms with Crippen LogP contribution in [0.4, 0.5) is 0 Å². The van der Waals surface area contributed by atoms with E-state index in [4.69, 9.17) is 5.73 Å². The summed E-state index contributed by atoms with van der Waals surface area (Å²) in [6, 6.07) is 0.609. The number of hydrazone groups is 1. The van der Waals surface area contributed by atoms with E-state index in [1.165, 1.54) is 45.1 Å². The van der Waals surface area contributed by atoms with Crippen LogP contribution in [0.25, 0.3) is 0 Å². The van der Waals surface area contributed by atoms with Gasteiger partial charge in [0, 0.05) is 37.5 Å². The van der Waals surface area contributed by atoms with Crippen LogP contribution in [0.2, 0.25) is 0 Å². The molecular weight excluding hydrogens is 482 g/mol. The molecular formula is C33H63N5O. The maximum atomic E-state index is 12.7. The Morgan fingerprint density at radius 1 is 1.00 bits per heavy atom. The molecule has 0 atom stereocenters. The molecule has 0 spiro atoms. The summed E-state index contributed by atoms with van der Waals surface area (Å²) in [6.07, 6.45) is 22.2. The number of rotatable bonds is 18. The lowest BCUT2D eigenvalue weighted by Gasteiger charge is -2.38. The minimum absolute atomic E-state index is 0.179. The molecule has 0 aliphatic carbocycles. The molecule has 226 valence electrons. The van der Waals surface area contributed by atoms with E-state index in [9.17, 15) is 4.79 Å². The quantitative estimate of drug-likeness (QED) is 0.0805. The van der Waals surface area contributed by atoms with E-state index in [0.29, 0.717) is 24.7 Å². The zero-order valence-electron chi connectivity index (χ0n) is 26.7. The van der Waals surface area contributed by atoms with Crippen molar-refractivity contribution in [1.29, 1.82) is 0 Å². The summed E-state index contributed by atoms with van der Waals surface area (Å²) < 4.78 is 0. The van der Waals surface area contributed by atoms with Crippen molar-refractivity contribution in [3.63, 3.8) is 0 Å².